The van der Waals surface area contributed by atoms with Crippen LogP contribution in [-0.2, 0) is 0 Å². The van der Waals surface area contributed by atoms with Crippen LogP contribution in [-0.4, -0.2) is 47.5 Å². The molecule has 0 aromatic carbocycles. The Morgan fingerprint density at radius 3 is 3.07 bits per heavy atom. The van der Waals surface area contributed by atoms with Crippen LogP contribution in [0.25, 0.3) is 0 Å². The van der Waals surface area contributed by atoms with Crippen LogP contribution in [0.5, 0.6) is 0 Å². The third-order valence-electron chi connectivity index (χ3n) is 2.36. The van der Waals surface area contributed by atoms with Gasteiger partial charge in [0.1, 0.15) is 13.0 Å². The van der Waals surface area contributed by atoms with Crippen molar-refractivity contribution in [1.29, 1.82) is 0 Å². The van der Waals surface area contributed by atoms with Gasteiger partial charge in [-0.15, -0.1) is 11.6 Å². The molecule has 1 aliphatic rings. The fourth-order valence-electron chi connectivity index (χ4n) is 1.53. The summed E-state index contributed by atoms with van der Waals surface area (Å²) in [7, 11) is 0. The molecular formula is C9H17ClN4O. The maximum absolute atomic E-state index is 11.6. The Morgan fingerprint density at radius 1 is 1.80 bits per heavy atom. The van der Waals surface area contributed by atoms with E-state index in [2.05, 4.69) is 10.3 Å². The quantitative estimate of drug-likeness (QED) is 0.726. The lowest BCUT2D eigenvalue weighted by Crippen LogP contribution is -2.55. The van der Waals surface area contributed by atoms with Crippen LogP contribution < -0.4 is 5.32 Å². The van der Waals surface area contributed by atoms with E-state index in [1.54, 1.807) is 6.34 Å². The lowest BCUT2D eigenvalue weighted by Gasteiger charge is -2.36. The first kappa shape index (κ1) is 12.3. The van der Waals surface area contributed by atoms with Crippen LogP contribution in [0.3, 0.4) is 0 Å². The molecule has 0 radical (unpaired) electrons. The Hall–Kier alpha value is -0.810. The summed E-state index contributed by atoms with van der Waals surface area (Å²) in [4.78, 5) is 15.6. The van der Waals surface area contributed by atoms with Gasteiger partial charge in [-0.1, -0.05) is 6.92 Å². The number of hydrazine groups is 1. The van der Waals surface area contributed by atoms with Gasteiger partial charge in [0.2, 0.25) is 0 Å². The third-order valence-corrected chi connectivity index (χ3v) is 2.58. The molecule has 0 fully saturated rings. The number of carbonyl (C=O) groups excluding carboxylic acids is 1. The van der Waals surface area contributed by atoms with Crippen molar-refractivity contribution >= 4 is 24.0 Å². The van der Waals surface area contributed by atoms with Crippen molar-refractivity contribution in [3.05, 3.63) is 0 Å². The smallest absolute Gasteiger partial charge is 0.317 e. The molecule has 1 aliphatic heterocycles. The predicted octanol–water partition coefficient (Wildman–Crippen LogP) is 1.25. The van der Waals surface area contributed by atoms with E-state index in [0.717, 1.165) is 13.0 Å². The van der Waals surface area contributed by atoms with Crippen LogP contribution in [0.1, 0.15) is 20.3 Å². The van der Waals surface area contributed by atoms with E-state index >= 15 is 0 Å². The molecule has 1 N–H and O–H groups in total. The monoisotopic (exact) mass is 232 g/mol. The zero-order valence-corrected chi connectivity index (χ0v) is 9.87. The molecule has 5 nitrogen and oxygen atoms in total. The van der Waals surface area contributed by atoms with Crippen molar-refractivity contribution in [3.8, 4) is 0 Å². The lowest BCUT2D eigenvalue weighted by molar-refractivity contribution is 0.0416. The first-order valence-electron chi connectivity index (χ1n) is 5.10. The first-order valence-corrected chi connectivity index (χ1v) is 5.63. The average Bonchev–Trinajstić information content (AvgIpc) is 2.22. The second kappa shape index (κ2) is 5.92. The van der Waals surface area contributed by atoms with Crippen molar-refractivity contribution in [2.45, 2.75) is 26.3 Å². The van der Waals surface area contributed by atoms with Crippen molar-refractivity contribution in [1.82, 2.24) is 15.3 Å². The molecule has 6 heteroatoms. The van der Waals surface area contributed by atoms with E-state index in [0.29, 0.717) is 12.5 Å². The maximum atomic E-state index is 11.6. The predicted molar refractivity (Wildman–Crippen MR) is 60.9 cm³/mol. The number of nitrogens with one attached hydrogen (secondary N) is 1. The average molecular weight is 233 g/mol. The SMILES string of the molecule is CCN(C(C)CCCl)N1C=NCNC1=O. The highest BCUT2D eigenvalue weighted by molar-refractivity contribution is 6.17. The molecule has 0 aromatic heterocycles. The number of hydrogen-bond donors (Lipinski definition) is 1. The summed E-state index contributed by atoms with van der Waals surface area (Å²) in [5.41, 5.74) is 0. The van der Waals surface area contributed by atoms with Gasteiger partial charge >= 0.3 is 6.03 Å². The number of aliphatic imine (C=N–C) groups is 1. The van der Waals surface area contributed by atoms with Crippen molar-refractivity contribution < 1.29 is 4.79 Å². The number of rotatable bonds is 5. The van der Waals surface area contributed by atoms with Crippen LogP contribution in [0, 0.1) is 0 Å². The number of nitrogens with zero attached hydrogens (tertiary/aromatic N) is 3. The van der Waals surface area contributed by atoms with Gasteiger partial charge in [-0.2, -0.15) is 0 Å². The van der Waals surface area contributed by atoms with Gasteiger partial charge in [-0.3, -0.25) is 4.99 Å². The molecule has 0 aromatic rings. The molecule has 86 valence electrons. The Bertz CT molecular complexity index is 246. The summed E-state index contributed by atoms with van der Waals surface area (Å²) in [6, 6.07) is 0.0936. The van der Waals surface area contributed by atoms with Crippen LogP contribution in [0.2, 0.25) is 0 Å². The summed E-state index contributed by atoms with van der Waals surface area (Å²) in [6.45, 7) is 5.15. The molecule has 15 heavy (non-hydrogen) atoms. The number of alkyl halides is 1. The van der Waals surface area contributed by atoms with Gasteiger partial charge in [0.25, 0.3) is 0 Å². The summed E-state index contributed by atoms with van der Waals surface area (Å²) < 4.78 is 0. The standard InChI is InChI=1S/C9H17ClN4O/c1-3-13(8(2)4-5-10)14-7-11-6-12-9(14)15/h7-8H,3-6H2,1-2H3,(H,12,15). The molecule has 1 rings (SSSR count). The van der Waals surface area contributed by atoms with Gasteiger partial charge in [0, 0.05) is 18.5 Å². The summed E-state index contributed by atoms with van der Waals surface area (Å²) in [5.74, 6) is 0.588. The highest BCUT2D eigenvalue weighted by Crippen LogP contribution is 2.09. The summed E-state index contributed by atoms with van der Waals surface area (Å²) in [6.07, 6.45) is 2.40. The first-order chi connectivity index (χ1) is 7.20. The normalized spacial score (nSPS) is 18.1. The second-order valence-corrected chi connectivity index (χ2v) is 3.74. The minimum atomic E-state index is -0.131. The topological polar surface area (TPSA) is 47.9 Å². The second-order valence-electron chi connectivity index (χ2n) is 3.37. The van der Waals surface area contributed by atoms with Gasteiger partial charge in [0.05, 0.1) is 0 Å². The summed E-state index contributed by atoms with van der Waals surface area (Å²) in [5, 5.41) is 6.12. The Kier molecular flexibility index (Phi) is 4.84. The number of carbonyl (C=O) groups is 1. The number of hydrogen-bond acceptors (Lipinski definition) is 3. The maximum Gasteiger partial charge on any atom is 0.339 e. The van der Waals surface area contributed by atoms with E-state index in [9.17, 15) is 4.79 Å². The molecule has 0 saturated carbocycles. The van der Waals surface area contributed by atoms with E-state index in [1.165, 1.54) is 5.01 Å². The fraction of sp³-hybridized carbons (Fsp3) is 0.778. The molecule has 0 bridgehead atoms. The zero-order chi connectivity index (χ0) is 11.3. The van der Waals surface area contributed by atoms with Gasteiger partial charge in [0.15, 0.2) is 0 Å². The molecule has 0 aliphatic carbocycles. The van der Waals surface area contributed by atoms with Crippen LogP contribution in [0.15, 0.2) is 4.99 Å². The highest BCUT2D eigenvalue weighted by Gasteiger charge is 2.24. The third kappa shape index (κ3) is 3.07. The fourth-order valence-corrected chi connectivity index (χ4v) is 1.85. The van der Waals surface area contributed by atoms with Gasteiger partial charge in [-0.25, -0.2) is 14.8 Å². The molecule has 1 atom stereocenters. The minimum absolute atomic E-state index is 0.131. The molecule has 1 unspecified atom stereocenters. The Labute approximate surface area is 95.1 Å². The number of urea groups is 1. The Balaban J connectivity index is 2.67. The van der Waals surface area contributed by atoms with E-state index in [1.807, 2.05) is 18.9 Å². The zero-order valence-electron chi connectivity index (χ0n) is 9.11. The van der Waals surface area contributed by atoms with E-state index in [-0.39, 0.29) is 12.1 Å². The van der Waals surface area contributed by atoms with Crippen molar-refractivity contribution in [2.75, 3.05) is 19.1 Å². The van der Waals surface area contributed by atoms with Gasteiger partial charge < -0.3 is 5.32 Å². The molecular weight excluding hydrogens is 216 g/mol. The van der Waals surface area contributed by atoms with Crippen molar-refractivity contribution in [2.24, 2.45) is 4.99 Å². The number of amides is 2. The van der Waals surface area contributed by atoms with Gasteiger partial charge in [-0.05, 0) is 13.3 Å². The van der Waals surface area contributed by atoms with Crippen LogP contribution >= 0.6 is 11.6 Å². The van der Waals surface area contributed by atoms with E-state index < -0.39 is 0 Å². The minimum Gasteiger partial charge on any atom is -0.317 e. The number of halogens is 1. The molecule has 2 amide bonds. The highest BCUT2D eigenvalue weighted by atomic mass is 35.5. The molecule has 0 spiro atoms. The largest absolute Gasteiger partial charge is 0.339 e. The van der Waals surface area contributed by atoms with E-state index in [4.69, 9.17) is 11.6 Å². The lowest BCUT2D eigenvalue weighted by atomic mass is 10.2. The van der Waals surface area contributed by atoms with Crippen LogP contribution in [0.4, 0.5) is 4.79 Å². The Morgan fingerprint density at radius 2 is 2.53 bits per heavy atom. The summed E-state index contributed by atoms with van der Waals surface area (Å²) >= 11 is 5.69. The van der Waals surface area contributed by atoms with Crippen molar-refractivity contribution in [3.63, 3.8) is 0 Å². The molecule has 0 saturated heterocycles. The molecule has 1 heterocycles.